The summed E-state index contributed by atoms with van der Waals surface area (Å²) < 4.78 is 36.1. The van der Waals surface area contributed by atoms with Crippen molar-refractivity contribution in [3.05, 3.63) is 0 Å². The van der Waals surface area contributed by atoms with E-state index in [2.05, 4.69) is 4.18 Å². The third kappa shape index (κ3) is 2.47. The van der Waals surface area contributed by atoms with E-state index in [9.17, 15) is 13.2 Å². The van der Waals surface area contributed by atoms with Crippen LogP contribution < -0.4 is 0 Å². The molecule has 88 valence electrons. The van der Waals surface area contributed by atoms with Gasteiger partial charge in [0, 0.05) is 0 Å². The van der Waals surface area contributed by atoms with Crippen molar-refractivity contribution in [2.24, 2.45) is 0 Å². The van der Waals surface area contributed by atoms with Gasteiger partial charge in [0.25, 0.3) is 0 Å². The van der Waals surface area contributed by atoms with Crippen LogP contribution in [0.25, 0.3) is 0 Å². The maximum Gasteiger partial charge on any atom is 0.401 e. The summed E-state index contributed by atoms with van der Waals surface area (Å²) in [5, 5.41) is 0. The van der Waals surface area contributed by atoms with Gasteiger partial charge in [-0.3, -0.25) is 0 Å². The average Bonchev–Trinajstić information content (AvgIpc) is 2.38. The number of hydrogen-bond acceptors (Lipinski definition) is 6. The van der Waals surface area contributed by atoms with Crippen LogP contribution in [0.5, 0.6) is 0 Å². The molecule has 0 unspecified atom stereocenters. The summed E-state index contributed by atoms with van der Waals surface area (Å²) in [4.78, 5) is 11.4. The van der Waals surface area contributed by atoms with Gasteiger partial charge in [0.2, 0.25) is 6.10 Å². The summed E-state index contributed by atoms with van der Waals surface area (Å²) in [6.07, 6.45) is -0.886. The van der Waals surface area contributed by atoms with Crippen LogP contribution in [-0.2, 0) is 28.3 Å². The van der Waals surface area contributed by atoms with E-state index >= 15 is 0 Å². The second-order valence-electron chi connectivity index (χ2n) is 3.39. The van der Waals surface area contributed by atoms with Gasteiger partial charge in [-0.25, -0.2) is 13.2 Å². The average molecular weight is 238 g/mol. The molecule has 1 aliphatic rings. The molecule has 0 aromatic rings. The minimum atomic E-state index is -4.08. The molecule has 2 atom stereocenters. The SMILES string of the molecule is CCOC(=O)[C@@H]1OS(=O)(=O)O[C@@]1(C)CC. The molecule has 1 heterocycles. The van der Waals surface area contributed by atoms with Crippen molar-refractivity contribution < 1.29 is 26.3 Å². The summed E-state index contributed by atoms with van der Waals surface area (Å²) in [5.41, 5.74) is -1.18. The first-order chi connectivity index (χ1) is 6.84. The minimum absolute atomic E-state index is 0.165. The van der Waals surface area contributed by atoms with Crippen LogP contribution in [-0.4, -0.2) is 32.7 Å². The van der Waals surface area contributed by atoms with Gasteiger partial charge in [0.05, 0.1) is 6.61 Å². The molecule has 0 aromatic carbocycles. The van der Waals surface area contributed by atoms with E-state index in [1.165, 1.54) is 6.92 Å². The van der Waals surface area contributed by atoms with Gasteiger partial charge in [0.1, 0.15) is 5.60 Å². The monoisotopic (exact) mass is 238 g/mol. The predicted octanol–water partition coefficient (Wildman–Crippen LogP) is 0.378. The standard InChI is InChI=1S/C8H14O6S/c1-4-8(3)6(7(9)12-5-2)13-15(10,11)14-8/h6H,4-5H2,1-3H3/t6-,8-/m0/s1. The number of carbonyl (C=O) groups excluding carboxylic acids is 1. The van der Waals surface area contributed by atoms with E-state index in [4.69, 9.17) is 8.92 Å². The Kier molecular flexibility index (Phi) is 3.37. The van der Waals surface area contributed by atoms with Crippen LogP contribution in [0.15, 0.2) is 0 Å². The smallest absolute Gasteiger partial charge is 0.401 e. The van der Waals surface area contributed by atoms with Gasteiger partial charge in [-0.05, 0) is 20.3 Å². The fourth-order valence-electron chi connectivity index (χ4n) is 1.27. The summed E-state index contributed by atoms with van der Waals surface area (Å²) in [6, 6.07) is 0. The molecule has 1 saturated heterocycles. The molecule has 1 rings (SSSR count). The first-order valence-electron chi connectivity index (χ1n) is 4.65. The van der Waals surface area contributed by atoms with E-state index in [0.717, 1.165) is 0 Å². The van der Waals surface area contributed by atoms with Crippen LogP contribution in [0.4, 0.5) is 0 Å². The lowest BCUT2D eigenvalue weighted by atomic mass is 9.96. The molecule has 0 aromatic heterocycles. The maximum atomic E-state index is 11.4. The lowest BCUT2D eigenvalue weighted by Gasteiger charge is -2.22. The van der Waals surface area contributed by atoms with Gasteiger partial charge < -0.3 is 4.74 Å². The van der Waals surface area contributed by atoms with Crippen LogP contribution in [0, 0.1) is 0 Å². The fourth-order valence-corrected chi connectivity index (χ4v) is 2.50. The zero-order chi connectivity index (χ0) is 11.7. The molecule has 0 amide bonds. The van der Waals surface area contributed by atoms with Crippen molar-refractivity contribution >= 4 is 16.4 Å². The van der Waals surface area contributed by atoms with Crippen LogP contribution in [0.1, 0.15) is 27.2 Å². The van der Waals surface area contributed by atoms with Crippen LogP contribution >= 0.6 is 0 Å². The van der Waals surface area contributed by atoms with E-state index < -0.39 is 28.1 Å². The van der Waals surface area contributed by atoms with Crippen molar-refractivity contribution in [3.63, 3.8) is 0 Å². The Bertz CT molecular complexity index is 348. The molecular formula is C8H14O6S. The molecule has 1 fully saturated rings. The highest BCUT2D eigenvalue weighted by molar-refractivity contribution is 7.82. The fraction of sp³-hybridized carbons (Fsp3) is 0.875. The lowest BCUT2D eigenvalue weighted by Crippen LogP contribution is -2.42. The molecule has 7 heteroatoms. The van der Waals surface area contributed by atoms with Crippen molar-refractivity contribution in [1.29, 1.82) is 0 Å². The zero-order valence-corrected chi connectivity index (χ0v) is 9.67. The first kappa shape index (κ1) is 12.4. The van der Waals surface area contributed by atoms with Gasteiger partial charge in [-0.2, -0.15) is 8.42 Å². The second-order valence-corrected chi connectivity index (χ2v) is 4.56. The Morgan fingerprint density at radius 1 is 1.47 bits per heavy atom. The summed E-state index contributed by atoms with van der Waals surface area (Å²) >= 11 is 0. The van der Waals surface area contributed by atoms with E-state index in [-0.39, 0.29) is 6.61 Å². The van der Waals surface area contributed by atoms with Crippen LogP contribution in [0.2, 0.25) is 0 Å². The molecule has 0 saturated carbocycles. The molecule has 0 spiro atoms. The molecular weight excluding hydrogens is 224 g/mol. The zero-order valence-electron chi connectivity index (χ0n) is 8.85. The highest BCUT2D eigenvalue weighted by Gasteiger charge is 2.53. The number of carbonyl (C=O) groups is 1. The Morgan fingerprint density at radius 2 is 2.07 bits per heavy atom. The Labute approximate surface area is 88.8 Å². The maximum absolute atomic E-state index is 11.4. The quantitative estimate of drug-likeness (QED) is 0.661. The Morgan fingerprint density at radius 3 is 2.53 bits per heavy atom. The van der Waals surface area contributed by atoms with Crippen molar-refractivity contribution in [2.45, 2.75) is 38.9 Å². The van der Waals surface area contributed by atoms with Gasteiger partial charge in [-0.1, -0.05) is 6.92 Å². The summed E-state index contributed by atoms with van der Waals surface area (Å²) in [6.45, 7) is 5.00. The molecule has 15 heavy (non-hydrogen) atoms. The number of rotatable bonds is 3. The first-order valence-corrected chi connectivity index (χ1v) is 5.98. The topological polar surface area (TPSA) is 78.9 Å². The highest BCUT2D eigenvalue weighted by Crippen LogP contribution is 2.34. The molecule has 1 aliphatic heterocycles. The highest BCUT2D eigenvalue weighted by atomic mass is 32.3. The van der Waals surface area contributed by atoms with Crippen molar-refractivity contribution in [1.82, 2.24) is 0 Å². The van der Waals surface area contributed by atoms with Crippen molar-refractivity contribution in [2.75, 3.05) is 6.61 Å². The number of ether oxygens (including phenoxy) is 1. The van der Waals surface area contributed by atoms with E-state index in [1.807, 2.05) is 0 Å². The van der Waals surface area contributed by atoms with Gasteiger partial charge in [0.15, 0.2) is 0 Å². The molecule has 0 bridgehead atoms. The van der Waals surface area contributed by atoms with Gasteiger partial charge in [-0.15, -0.1) is 0 Å². The Hall–Kier alpha value is -0.660. The molecule has 6 nitrogen and oxygen atoms in total. The van der Waals surface area contributed by atoms with Crippen molar-refractivity contribution in [3.8, 4) is 0 Å². The summed E-state index contributed by atoms with van der Waals surface area (Å²) in [5.74, 6) is -0.720. The predicted molar refractivity (Wildman–Crippen MR) is 50.2 cm³/mol. The Balaban J connectivity index is 2.92. The normalized spacial score (nSPS) is 33.9. The van der Waals surface area contributed by atoms with Gasteiger partial charge >= 0.3 is 16.4 Å². The number of hydrogen-bond donors (Lipinski definition) is 0. The third-order valence-corrected chi connectivity index (χ3v) is 3.28. The third-order valence-electron chi connectivity index (χ3n) is 2.26. The molecule has 0 N–H and O–H groups in total. The number of esters is 1. The largest absolute Gasteiger partial charge is 0.464 e. The lowest BCUT2D eigenvalue weighted by molar-refractivity contribution is -0.155. The summed E-state index contributed by atoms with van der Waals surface area (Å²) in [7, 11) is -4.08. The van der Waals surface area contributed by atoms with Crippen LogP contribution in [0.3, 0.4) is 0 Å². The minimum Gasteiger partial charge on any atom is -0.464 e. The molecule has 0 aliphatic carbocycles. The molecule has 0 radical (unpaired) electrons. The second kappa shape index (κ2) is 4.07. The van der Waals surface area contributed by atoms with E-state index in [1.54, 1.807) is 13.8 Å². The van der Waals surface area contributed by atoms with E-state index in [0.29, 0.717) is 6.42 Å².